The van der Waals surface area contributed by atoms with Crippen molar-refractivity contribution in [3.05, 3.63) is 33.3 Å². The summed E-state index contributed by atoms with van der Waals surface area (Å²) in [5.74, 6) is 0. The Kier molecular flexibility index (Phi) is 7.91. The zero-order valence-corrected chi connectivity index (χ0v) is 13.4. The van der Waals surface area contributed by atoms with Crippen LogP contribution in [0, 0.1) is 0 Å². The molecule has 0 atom stereocenters. The molecule has 0 saturated heterocycles. The Labute approximate surface area is 123 Å². The highest BCUT2D eigenvalue weighted by Crippen LogP contribution is 2.21. The predicted molar refractivity (Wildman–Crippen MR) is 81.2 cm³/mol. The average molecular weight is 335 g/mol. The minimum absolute atomic E-state index is 0.336. The Balaban J connectivity index is 2.11. The molecule has 0 aliphatic carbocycles. The van der Waals surface area contributed by atoms with Gasteiger partial charge in [0.25, 0.3) is 0 Å². The quantitative estimate of drug-likeness (QED) is 0.712. The maximum Gasteiger partial charge on any atom is 0.0518 e. The molecule has 1 aromatic rings. The summed E-state index contributed by atoms with van der Waals surface area (Å²) in [5, 5.41) is 4.18. The first-order valence-corrected chi connectivity index (χ1v) is 7.53. The van der Waals surface area contributed by atoms with E-state index in [0.717, 1.165) is 42.0 Å². The molecule has 0 bridgehead atoms. The van der Waals surface area contributed by atoms with Crippen molar-refractivity contribution in [2.75, 3.05) is 13.2 Å². The van der Waals surface area contributed by atoms with Crippen molar-refractivity contribution in [1.82, 2.24) is 5.32 Å². The molecular formula is C14H21BrClNO. The Morgan fingerprint density at radius 1 is 1.33 bits per heavy atom. The van der Waals surface area contributed by atoms with Crippen LogP contribution < -0.4 is 5.32 Å². The summed E-state index contributed by atoms with van der Waals surface area (Å²) in [6.07, 6.45) is 2.58. The van der Waals surface area contributed by atoms with Gasteiger partial charge >= 0.3 is 0 Å². The van der Waals surface area contributed by atoms with Gasteiger partial charge in [-0.2, -0.15) is 0 Å². The number of halogens is 2. The van der Waals surface area contributed by atoms with Crippen LogP contribution in [0.5, 0.6) is 0 Å². The van der Waals surface area contributed by atoms with Crippen molar-refractivity contribution >= 4 is 27.5 Å². The lowest BCUT2D eigenvalue weighted by atomic mass is 10.2. The summed E-state index contributed by atoms with van der Waals surface area (Å²) >= 11 is 9.41. The predicted octanol–water partition coefficient (Wildman–Crippen LogP) is 4.40. The van der Waals surface area contributed by atoms with Gasteiger partial charge in [0.2, 0.25) is 0 Å². The van der Waals surface area contributed by atoms with E-state index in [2.05, 4.69) is 35.1 Å². The highest BCUT2D eigenvalue weighted by molar-refractivity contribution is 9.10. The number of hydrogen-bond acceptors (Lipinski definition) is 2. The molecule has 0 fully saturated rings. The monoisotopic (exact) mass is 333 g/mol. The van der Waals surface area contributed by atoms with Crippen molar-refractivity contribution in [2.24, 2.45) is 0 Å². The summed E-state index contributed by atoms with van der Waals surface area (Å²) < 4.78 is 6.55. The third kappa shape index (κ3) is 6.74. The van der Waals surface area contributed by atoms with Crippen molar-refractivity contribution in [3.8, 4) is 0 Å². The van der Waals surface area contributed by atoms with Crippen molar-refractivity contribution in [2.45, 2.75) is 39.3 Å². The third-order valence-electron chi connectivity index (χ3n) is 2.53. The number of hydrogen-bond donors (Lipinski definition) is 1. The molecule has 102 valence electrons. The molecule has 0 aliphatic heterocycles. The van der Waals surface area contributed by atoms with Crippen LogP contribution in [0.25, 0.3) is 0 Å². The molecule has 0 aromatic heterocycles. The zero-order valence-electron chi connectivity index (χ0n) is 11.0. The zero-order chi connectivity index (χ0) is 13.4. The lowest BCUT2D eigenvalue weighted by Gasteiger charge is -2.09. The largest absolute Gasteiger partial charge is 0.379 e. The van der Waals surface area contributed by atoms with E-state index in [-0.39, 0.29) is 0 Å². The third-order valence-corrected chi connectivity index (χ3v) is 3.50. The first-order chi connectivity index (χ1) is 8.59. The second-order valence-electron chi connectivity index (χ2n) is 4.54. The van der Waals surface area contributed by atoms with Gasteiger partial charge in [-0.3, -0.25) is 0 Å². The van der Waals surface area contributed by atoms with E-state index in [9.17, 15) is 0 Å². The molecule has 4 heteroatoms. The minimum atomic E-state index is 0.336. The summed E-state index contributed by atoms with van der Waals surface area (Å²) in [6, 6.07) is 5.89. The normalized spacial score (nSPS) is 11.2. The Hall–Kier alpha value is -0.0900. The van der Waals surface area contributed by atoms with Gasteiger partial charge in [0.1, 0.15) is 0 Å². The van der Waals surface area contributed by atoms with Crippen molar-refractivity contribution < 1.29 is 4.74 Å². The van der Waals surface area contributed by atoms with Gasteiger partial charge in [0, 0.05) is 22.6 Å². The second-order valence-corrected chi connectivity index (χ2v) is 5.83. The van der Waals surface area contributed by atoms with E-state index >= 15 is 0 Å². The average Bonchev–Trinajstić information content (AvgIpc) is 2.30. The van der Waals surface area contributed by atoms with Crippen LogP contribution in [0.15, 0.2) is 22.7 Å². The van der Waals surface area contributed by atoms with Gasteiger partial charge in [0.15, 0.2) is 0 Å². The fourth-order valence-electron chi connectivity index (χ4n) is 1.56. The number of benzene rings is 1. The molecule has 0 heterocycles. The van der Waals surface area contributed by atoms with Gasteiger partial charge < -0.3 is 10.1 Å². The highest BCUT2D eigenvalue weighted by Gasteiger charge is 2.00. The smallest absolute Gasteiger partial charge is 0.0518 e. The first kappa shape index (κ1) is 16.0. The molecule has 0 radical (unpaired) electrons. The topological polar surface area (TPSA) is 21.3 Å². The molecule has 1 aromatic carbocycles. The van der Waals surface area contributed by atoms with E-state index in [1.165, 1.54) is 5.56 Å². The lowest BCUT2D eigenvalue weighted by molar-refractivity contribution is 0.0760. The van der Waals surface area contributed by atoms with E-state index in [4.69, 9.17) is 16.3 Å². The molecule has 0 spiro atoms. The van der Waals surface area contributed by atoms with Crippen LogP contribution in [-0.2, 0) is 11.3 Å². The van der Waals surface area contributed by atoms with E-state index in [1.54, 1.807) is 0 Å². The summed E-state index contributed by atoms with van der Waals surface area (Å²) in [6.45, 7) is 6.86. The van der Waals surface area contributed by atoms with Gasteiger partial charge in [-0.25, -0.2) is 0 Å². The van der Waals surface area contributed by atoms with Crippen LogP contribution >= 0.6 is 27.5 Å². The summed E-state index contributed by atoms with van der Waals surface area (Å²) in [7, 11) is 0. The van der Waals surface area contributed by atoms with Gasteiger partial charge in [-0.05, 0) is 50.9 Å². The van der Waals surface area contributed by atoms with E-state index < -0.39 is 0 Å². The maximum atomic E-state index is 5.90. The van der Waals surface area contributed by atoms with Gasteiger partial charge in [-0.1, -0.05) is 33.6 Å². The SMILES string of the molecule is CC(C)OCCCCNCc1ccc(Cl)cc1Br. The Morgan fingerprint density at radius 3 is 2.78 bits per heavy atom. The van der Waals surface area contributed by atoms with Crippen molar-refractivity contribution in [3.63, 3.8) is 0 Å². The van der Waals surface area contributed by atoms with E-state index in [1.807, 2.05) is 18.2 Å². The number of nitrogens with one attached hydrogen (secondary N) is 1. The number of unbranched alkanes of at least 4 members (excludes halogenated alkanes) is 1. The molecule has 2 nitrogen and oxygen atoms in total. The number of rotatable bonds is 8. The molecule has 1 rings (SSSR count). The summed E-state index contributed by atoms with van der Waals surface area (Å²) in [4.78, 5) is 0. The molecule has 1 N–H and O–H groups in total. The molecular weight excluding hydrogens is 314 g/mol. The fraction of sp³-hybridized carbons (Fsp3) is 0.571. The van der Waals surface area contributed by atoms with Crippen LogP contribution in [0.1, 0.15) is 32.3 Å². The molecule has 18 heavy (non-hydrogen) atoms. The first-order valence-electron chi connectivity index (χ1n) is 6.36. The highest BCUT2D eigenvalue weighted by atomic mass is 79.9. The minimum Gasteiger partial charge on any atom is -0.379 e. The maximum absolute atomic E-state index is 5.90. The van der Waals surface area contributed by atoms with Crippen LogP contribution in [0.3, 0.4) is 0 Å². The Bertz CT molecular complexity index is 358. The molecule has 0 saturated carbocycles. The van der Waals surface area contributed by atoms with Crippen LogP contribution in [0.2, 0.25) is 5.02 Å². The van der Waals surface area contributed by atoms with Gasteiger partial charge in [-0.15, -0.1) is 0 Å². The second kappa shape index (κ2) is 8.92. The molecule has 0 amide bonds. The van der Waals surface area contributed by atoms with E-state index in [0.29, 0.717) is 6.10 Å². The molecule has 0 aliphatic rings. The van der Waals surface area contributed by atoms with Crippen LogP contribution in [0.4, 0.5) is 0 Å². The summed E-state index contributed by atoms with van der Waals surface area (Å²) in [5.41, 5.74) is 1.23. The lowest BCUT2D eigenvalue weighted by Crippen LogP contribution is -2.16. The molecule has 0 unspecified atom stereocenters. The number of ether oxygens (including phenoxy) is 1. The van der Waals surface area contributed by atoms with Crippen molar-refractivity contribution in [1.29, 1.82) is 0 Å². The van der Waals surface area contributed by atoms with Crippen LogP contribution in [-0.4, -0.2) is 19.3 Å². The fourth-order valence-corrected chi connectivity index (χ4v) is 2.38. The van der Waals surface area contributed by atoms with Gasteiger partial charge in [0.05, 0.1) is 6.10 Å². The Morgan fingerprint density at radius 2 is 2.11 bits per heavy atom. The standard InChI is InChI=1S/C14H21BrClNO/c1-11(2)18-8-4-3-7-17-10-12-5-6-13(16)9-14(12)15/h5-6,9,11,17H,3-4,7-8,10H2,1-2H3.